The highest BCUT2D eigenvalue weighted by molar-refractivity contribution is 7.85. The summed E-state index contributed by atoms with van der Waals surface area (Å²) in [5, 5.41) is 0. The molecule has 0 N–H and O–H groups in total. The van der Waals surface area contributed by atoms with E-state index in [9.17, 15) is 8.42 Å². The molecule has 0 aliphatic heterocycles. The van der Waals surface area contributed by atoms with E-state index < -0.39 is 10.1 Å². The van der Waals surface area contributed by atoms with Gasteiger partial charge in [0.1, 0.15) is 0 Å². The van der Waals surface area contributed by atoms with Gasteiger partial charge in [0.15, 0.2) is 0 Å². The summed E-state index contributed by atoms with van der Waals surface area (Å²) in [5.74, 6) is 0.737. The Morgan fingerprint density at radius 3 is 2.00 bits per heavy atom. The molecule has 0 spiro atoms. The van der Waals surface area contributed by atoms with Gasteiger partial charge in [-0.15, -0.1) is 0 Å². The number of rotatable bonds is 4. The van der Waals surface area contributed by atoms with Gasteiger partial charge in [0.2, 0.25) is 0 Å². The molecule has 0 rings (SSSR count). The molecular weight excluding hydrogens is 164 g/mol. The minimum atomic E-state index is -3.25. The average Bonchev–Trinajstić information content (AvgIpc) is 1.80. The minimum absolute atomic E-state index is 0.282. The first-order valence-electron chi connectivity index (χ1n) is 3.67. The SMILES string of the molecule is CC(C)C(C)COS(C)(=O)=O. The van der Waals surface area contributed by atoms with E-state index in [-0.39, 0.29) is 12.5 Å². The number of hydrogen-bond acceptors (Lipinski definition) is 3. The summed E-state index contributed by atoms with van der Waals surface area (Å²) in [7, 11) is -3.25. The molecule has 0 saturated carbocycles. The smallest absolute Gasteiger partial charge is 0.264 e. The van der Waals surface area contributed by atoms with Crippen LogP contribution in [0, 0.1) is 11.8 Å². The van der Waals surface area contributed by atoms with Gasteiger partial charge in [-0.3, -0.25) is 4.18 Å². The highest BCUT2D eigenvalue weighted by atomic mass is 32.2. The maximum absolute atomic E-state index is 10.5. The maximum atomic E-state index is 10.5. The van der Waals surface area contributed by atoms with Gasteiger partial charge in [0.05, 0.1) is 12.9 Å². The lowest BCUT2D eigenvalue weighted by Crippen LogP contribution is -2.15. The second-order valence-electron chi connectivity index (χ2n) is 3.21. The molecule has 3 nitrogen and oxygen atoms in total. The fourth-order valence-electron chi connectivity index (χ4n) is 0.423. The van der Waals surface area contributed by atoms with Gasteiger partial charge < -0.3 is 0 Å². The molecule has 0 heterocycles. The first-order chi connectivity index (χ1) is 4.83. The van der Waals surface area contributed by atoms with Crippen LogP contribution in [-0.4, -0.2) is 21.3 Å². The van der Waals surface area contributed by atoms with Crippen LogP contribution in [0.5, 0.6) is 0 Å². The summed E-state index contributed by atoms with van der Waals surface area (Å²) in [5.41, 5.74) is 0. The topological polar surface area (TPSA) is 43.4 Å². The van der Waals surface area contributed by atoms with Crippen molar-refractivity contribution in [2.45, 2.75) is 20.8 Å². The van der Waals surface area contributed by atoms with Crippen molar-refractivity contribution < 1.29 is 12.6 Å². The normalized spacial score (nSPS) is 15.4. The Morgan fingerprint density at radius 2 is 1.73 bits per heavy atom. The van der Waals surface area contributed by atoms with Gasteiger partial charge in [0.25, 0.3) is 10.1 Å². The Morgan fingerprint density at radius 1 is 1.27 bits per heavy atom. The van der Waals surface area contributed by atoms with Crippen molar-refractivity contribution in [3.63, 3.8) is 0 Å². The highest BCUT2D eigenvalue weighted by Crippen LogP contribution is 2.10. The van der Waals surface area contributed by atoms with Crippen LogP contribution in [0.25, 0.3) is 0 Å². The monoisotopic (exact) mass is 180 g/mol. The van der Waals surface area contributed by atoms with Crippen molar-refractivity contribution in [3.8, 4) is 0 Å². The molecule has 0 fully saturated rings. The molecule has 11 heavy (non-hydrogen) atoms. The first kappa shape index (κ1) is 10.9. The predicted molar refractivity (Wildman–Crippen MR) is 44.8 cm³/mol. The lowest BCUT2D eigenvalue weighted by molar-refractivity contribution is 0.230. The molecule has 0 bridgehead atoms. The molecule has 1 unspecified atom stereocenters. The quantitative estimate of drug-likeness (QED) is 0.612. The Hall–Kier alpha value is -0.0900. The Bertz CT molecular complexity index is 194. The van der Waals surface area contributed by atoms with Crippen molar-refractivity contribution >= 4 is 10.1 Å². The largest absolute Gasteiger partial charge is 0.270 e. The molecule has 0 aromatic rings. The Balaban J connectivity index is 3.72. The second-order valence-corrected chi connectivity index (χ2v) is 4.85. The molecular formula is C7H16O3S. The molecule has 0 aliphatic rings. The second kappa shape index (κ2) is 4.07. The average molecular weight is 180 g/mol. The summed E-state index contributed by atoms with van der Waals surface area (Å²) < 4.78 is 25.7. The molecule has 0 amide bonds. The molecule has 4 heteroatoms. The van der Waals surface area contributed by atoms with Gasteiger partial charge in [-0.05, 0) is 11.8 Å². The van der Waals surface area contributed by atoms with Gasteiger partial charge in [-0.25, -0.2) is 0 Å². The van der Waals surface area contributed by atoms with E-state index in [0.29, 0.717) is 5.92 Å². The van der Waals surface area contributed by atoms with Crippen LogP contribution in [0.1, 0.15) is 20.8 Å². The van der Waals surface area contributed by atoms with E-state index in [4.69, 9.17) is 0 Å². The Labute approximate surface area is 68.9 Å². The molecule has 0 saturated heterocycles. The van der Waals surface area contributed by atoms with E-state index >= 15 is 0 Å². The molecule has 0 radical (unpaired) electrons. The molecule has 0 aromatic carbocycles. The van der Waals surface area contributed by atoms with Crippen LogP contribution in [-0.2, 0) is 14.3 Å². The third-order valence-electron chi connectivity index (χ3n) is 1.68. The first-order valence-corrected chi connectivity index (χ1v) is 5.49. The minimum Gasteiger partial charge on any atom is -0.270 e. The summed E-state index contributed by atoms with van der Waals surface area (Å²) in [6.07, 6.45) is 1.07. The maximum Gasteiger partial charge on any atom is 0.264 e. The zero-order valence-corrected chi connectivity index (χ0v) is 8.31. The van der Waals surface area contributed by atoms with E-state index in [2.05, 4.69) is 4.18 Å². The summed E-state index contributed by atoms with van der Waals surface area (Å²) >= 11 is 0. The van der Waals surface area contributed by atoms with Crippen molar-refractivity contribution in [1.29, 1.82) is 0 Å². The zero-order chi connectivity index (χ0) is 9.07. The standard InChI is InChI=1S/C7H16O3S/c1-6(2)7(3)5-10-11(4,8)9/h6-7H,5H2,1-4H3. The van der Waals surface area contributed by atoms with Crippen LogP contribution in [0.4, 0.5) is 0 Å². The van der Waals surface area contributed by atoms with Gasteiger partial charge >= 0.3 is 0 Å². The van der Waals surface area contributed by atoms with Gasteiger partial charge in [-0.1, -0.05) is 20.8 Å². The Kier molecular flexibility index (Phi) is 4.03. The van der Waals surface area contributed by atoms with Crippen LogP contribution in [0.3, 0.4) is 0 Å². The molecule has 1 atom stereocenters. The van der Waals surface area contributed by atoms with E-state index in [1.807, 2.05) is 20.8 Å². The van der Waals surface area contributed by atoms with Crippen LogP contribution >= 0.6 is 0 Å². The van der Waals surface area contributed by atoms with Crippen LogP contribution in [0.15, 0.2) is 0 Å². The lowest BCUT2D eigenvalue weighted by atomic mass is 10.00. The lowest BCUT2D eigenvalue weighted by Gasteiger charge is -2.13. The fraction of sp³-hybridized carbons (Fsp3) is 1.00. The van der Waals surface area contributed by atoms with Crippen molar-refractivity contribution in [3.05, 3.63) is 0 Å². The van der Waals surface area contributed by atoms with Gasteiger partial charge in [-0.2, -0.15) is 8.42 Å². The van der Waals surface area contributed by atoms with Crippen molar-refractivity contribution in [1.82, 2.24) is 0 Å². The highest BCUT2D eigenvalue weighted by Gasteiger charge is 2.10. The van der Waals surface area contributed by atoms with Crippen molar-refractivity contribution in [2.24, 2.45) is 11.8 Å². The van der Waals surface area contributed by atoms with Crippen molar-refractivity contribution in [2.75, 3.05) is 12.9 Å². The van der Waals surface area contributed by atoms with E-state index in [0.717, 1.165) is 6.26 Å². The third-order valence-corrected chi connectivity index (χ3v) is 2.25. The summed E-state index contributed by atoms with van der Waals surface area (Å²) in [6, 6.07) is 0. The zero-order valence-electron chi connectivity index (χ0n) is 7.49. The predicted octanol–water partition coefficient (Wildman–Crippen LogP) is 1.25. The molecule has 68 valence electrons. The fourth-order valence-corrected chi connectivity index (χ4v) is 0.885. The van der Waals surface area contributed by atoms with Gasteiger partial charge in [0, 0.05) is 0 Å². The van der Waals surface area contributed by atoms with E-state index in [1.165, 1.54) is 0 Å². The third kappa shape index (κ3) is 6.31. The summed E-state index contributed by atoms with van der Waals surface area (Å²) in [6.45, 7) is 6.33. The number of hydrogen-bond donors (Lipinski definition) is 0. The van der Waals surface area contributed by atoms with E-state index in [1.54, 1.807) is 0 Å². The van der Waals surface area contributed by atoms with Crippen LogP contribution < -0.4 is 0 Å². The molecule has 0 aliphatic carbocycles. The summed E-state index contributed by atoms with van der Waals surface area (Å²) in [4.78, 5) is 0. The molecule has 0 aromatic heterocycles. The van der Waals surface area contributed by atoms with Crippen LogP contribution in [0.2, 0.25) is 0 Å².